The normalized spacial score (nSPS) is 19.2. The molecule has 4 heteroatoms. The first-order valence-electron chi connectivity index (χ1n) is 8.51. The summed E-state index contributed by atoms with van der Waals surface area (Å²) in [5, 5.41) is 3.65. The van der Waals surface area contributed by atoms with Crippen molar-refractivity contribution in [1.82, 2.24) is 10.2 Å². The highest BCUT2D eigenvalue weighted by Gasteiger charge is 2.26. The number of nitrogens with zero attached hydrogens (tertiary/aromatic N) is 1. The highest BCUT2D eigenvalue weighted by atomic mass is 16.5. The molecule has 22 heavy (non-hydrogen) atoms. The maximum atomic E-state index is 12.5. The van der Waals surface area contributed by atoms with Gasteiger partial charge in [0.25, 0.3) is 5.91 Å². The van der Waals surface area contributed by atoms with Crippen LogP contribution in [0.5, 0.6) is 5.75 Å². The summed E-state index contributed by atoms with van der Waals surface area (Å²) in [5.74, 6) is 1.88. The molecule has 2 fully saturated rings. The van der Waals surface area contributed by atoms with Crippen LogP contribution in [0.1, 0.15) is 43.0 Å². The minimum Gasteiger partial charge on any atom is -0.494 e. The van der Waals surface area contributed by atoms with Gasteiger partial charge in [-0.15, -0.1) is 0 Å². The van der Waals surface area contributed by atoms with Crippen molar-refractivity contribution in [3.05, 3.63) is 29.8 Å². The van der Waals surface area contributed by atoms with Crippen LogP contribution in [0.4, 0.5) is 0 Å². The average Bonchev–Trinajstić information content (AvgIpc) is 3.38. The molecule has 0 atom stereocenters. The Hall–Kier alpha value is -1.55. The van der Waals surface area contributed by atoms with E-state index in [2.05, 4.69) is 5.32 Å². The predicted molar refractivity (Wildman–Crippen MR) is 87.3 cm³/mol. The molecule has 1 heterocycles. The van der Waals surface area contributed by atoms with Crippen molar-refractivity contribution in [3.8, 4) is 5.75 Å². The Bertz CT molecular complexity index is 488. The lowest BCUT2D eigenvalue weighted by atomic mass is 10.0. The van der Waals surface area contributed by atoms with E-state index in [9.17, 15) is 4.79 Å². The number of carbonyl (C=O) groups excluding carboxylic acids is 1. The van der Waals surface area contributed by atoms with Gasteiger partial charge < -0.3 is 15.0 Å². The molecule has 1 N–H and O–H groups in total. The maximum absolute atomic E-state index is 12.5. The van der Waals surface area contributed by atoms with Crippen LogP contribution >= 0.6 is 0 Å². The third-order valence-corrected chi connectivity index (χ3v) is 4.59. The summed E-state index contributed by atoms with van der Waals surface area (Å²) in [6.45, 7) is 5.48. The van der Waals surface area contributed by atoms with Gasteiger partial charge in [-0.1, -0.05) is 0 Å². The lowest BCUT2D eigenvalue weighted by molar-refractivity contribution is 0.0705. The number of likely N-dealkylation sites (tertiary alicyclic amines) is 1. The number of ether oxygens (including phenoxy) is 1. The number of rotatable bonds is 6. The van der Waals surface area contributed by atoms with Crippen molar-refractivity contribution in [1.29, 1.82) is 0 Å². The Morgan fingerprint density at radius 2 is 1.86 bits per heavy atom. The lowest BCUT2D eigenvalue weighted by Gasteiger charge is -2.32. The number of hydrogen-bond donors (Lipinski definition) is 1. The number of hydrogen-bond acceptors (Lipinski definition) is 3. The highest BCUT2D eigenvalue weighted by Crippen LogP contribution is 2.28. The molecular formula is C18H26N2O2. The Morgan fingerprint density at radius 1 is 1.18 bits per heavy atom. The van der Waals surface area contributed by atoms with E-state index in [1.54, 1.807) is 0 Å². The van der Waals surface area contributed by atoms with E-state index in [0.29, 0.717) is 12.6 Å². The quantitative estimate of drug-likeness (QED) is 0.878. The Morgan fingerprint density at radius 3 is 2.45 bits per heavy atom. The number of benzene rings is 1. The van der Waals surface area contributed by atoms with E-state index in [-0.39, 0.29) is 5.91 Å². The molecule has 2 aliphatic rings. The van der Waals surface area contributed by atoms with E-state index in [1.807, 2.05) is 36.1 Å². The average molecular weight is 302 g/mol. The highest BCUT2D eigenvalue weighted by molar-refractivity contribution is 5.94. The van der Waals surface area contributed by atoms with E-state index in [4.69, 9.17) is 4.74 Å². The van der Waals surface area contributed by atoms with Gasteiger partial charge in [0.1, 0.15) is 5.75 Å². The van der Waals surface area contributed by atoms with Crippen molar-refractivity contribution in [3.63, 3.8) is 0 Å². The number of carbonyl (C=O) groups is 1. The topological polar surface area (TPSA) is 41.6 Å². The van der Waals surface area contributed by atoms with Gasteiger partial charge in [-0.3, -0.25) is 4.79 Å². The van der Waals surface area contributed by atoms with Crippen LogP contribution < -0.4 is 10.1 Å². The van der Waals surface area contributed by atoms with Gasteiger partial charge in [0.15, 0.2) is 0 Å². The second-order valence-corrected chi connectivity index (χ2v) is 6.38. The zero-order valence-electron chi connectivity index (χ0n) is 13.4. The molecule has 1 aromatic rings. The Labute approximate surface area is 132 Å². The number of nitrogens with one attached hydrogen (secondary N) is 1. The third kappa shape index (κ3) is 4.01. The van der Waals surface area contributed by atoms with E-state index in [1.165, 1.54) is 12.8 Å². The van der Waals surface area contributed by atoms with Gasteiger partial charge in [0.2, 0.25) is 0 Å². The molecule has 1 saturated heterocycles. The largest absolute Gasteiger partial charge is 0.494 e. The van der Waals surface area contributed by atoms with Crippen molar-refractivity contribution in [2.24, 2.45) is 5.92 Å². The maximum Gasteiger partial charge on any atom is 0.253 e. The SMILES string of the molecule is CCOc1ccc(C(=O)N2CCC(NCC3CC3)CC2)cc1. The van der Waals surface area contributed by atoms with E-state index in [0.717, 1.165) is 49.7 Å². The van der Waals surface area contributed by atoms with Crippen LogP contribution in [0.15, 0.2) is 24.3 Å². The van der Waals surface area contributed by atoms with Gasteiger partial charge in [0, 0.05) is 24.7 Å². The number of amides is 1. The first-order chi connectivity index (χ1) is 10.8. The fourth-order valence-corrected chi connectivity index (χ4v) is 2.98. The van der Waals surface area contributed by atoms with Crippen LogP contribution in [-0.4, -0.2) is 43.1 Å². The molecular weight excluding hydrogens is 276 g/mol. The summed E-state index contributed by atoms with van der Waals surface area (Å²) in [4.78, 5) is 14.5. The van der Waals surface area contributed by atoms with Crippen LogP contribution in [-0.2, 0) is 0 Å². The van der Waals surface area contributed by atoms with Crippen LogP contribution in [0, 0.1) is 5.92 Å². The first kappa shape index (κ1) is 15.3. The zero-order chi connectivity index (χ0) is 15.4. The Kier molecular flexibility index (Phi) is 4.98. The smallest absolute Gasteiger partial charge is 0.253 e. The minimum atomic E-state index is 0.142. The predicted octanol–water partition coefficient (Wildman–Crippen LogP) is 2.69. The van der Waals surface area contributed by atoms with Gasteiger partial charge in [-0.2, -0.15) is 0 Å². The molecule has 1 saturated carbocycles. The fourth-order valence-electron chi connectivity index (χ4n) is 2.98. The summed E-state index contributed by atoms with van der Waals surface area (Å²) >= 11 is 0. The van der Waals surface area contributed by atoms with Crippen molar-refractivity contribution < 1.29 is 9.53 Å². The first-order valence-corrected chi connectivity index (χ1v) is 8.51. The zero-order valence-corrected chi connectivity index (χ0v) is 13.4. The molecule has 1 aliphatic heterocycles. The summed E-state index contributed by atoms with van der Waals surface area (Å²) in [7, 11) is 0. The summed E-state index contributed by atoms with van der Waals surface area (Å²) in [5.41, 5.74) is 0.757. The van der Waals surface area contributed by atoms with Crippen molar-refractivity contribution >= 4 is 5.91 Å². The van der Waals surface area contributed by atoms with Crippen LogP contribution in [0.3, 0.4) is 0 Å². The molecule has 120 valence electrons. The molecule has 0 unspecified atom stereocenters. The summed E-state index contributed by atoms with van der Waals surface area (Å²) in [6.07, 6.45) is 4.91. The standard InChI is InChI=1S/C18H26N2O2/c1-2-22-17-7-5-15(6-8-17)18(21)20-11-9-16(10-12-20)19-13-14-3-4-14/h5-8,14,16,19H,2-4,9-13H2,1H3. The van der Waals surface area contributed by atoms with E-state index < -0.39 is 0 Å². The molecule has 4 nitrogen and oxygen atoms in total. The number of piperidine rings is 1. The van der Waals surface area contributed by atoms with E-state index >= 15 is 0 Å². The fraction of sp³-hybridized carbons (Fsp3) is 0.611. The van der Waals surface area contributed by atoms with Gasteiger partial charge in [-0.25, -0.2) is 0 Å². The minimum absolute atomic E-state index is 0.142. The monoisotopic (exact) mass is 302 g/mol. The van der Waals surface area contributed by atoms with Crippen molar-refractivity contribution in [2.45, 2.75) is 38.6 Å². The van der Waals surface area contributed by atoms with Gasteiger partial charge in [0.05, 0.1) is 6.61 Å². The molecule has 0 bridgehead atoms. The second kappa shape index (κ2) is 7.14. The summed E-state index contributed by atoms with van der Waals surface area (Å²) in [6, 6.07) is 8.07. The molecule has 0 radical (unpaired) electrons. The van der Waals surface area contributed by atoms with Gasteiger partial charge >= 0.3 is 0 Å². The lowest BCUT2D eigenvalue weighted by Crippen LogP contribution is -2.45. The van der Waals surface area contributed by atoms with Crippen molar-refractivity contribution in [2.75, 3.05) is 26.2 Å². The van der Waals surface area contributed by atoms with Crippen LogP contribution in [0.25, 0.3) is 0 Å². The molecule has 0 spiro atoms. The molecule has 1 aromatic carbocycles. The molecule has 0 aromatic heterocycles. The third-order valence-electron chi connectivity index (χ3n) is 4.59. The van der Waals surface area contributed by atoms with Gasteiger partial charge in [-0.05, 0) is 69.3 Å². The summed E-state index contributed by atoms with van der Waals surface area (Å²) < 4.78 is 5.42. The molecule has 1 amide bonds. The molecule has 3 rings (SSSR count). The second-order valence-electron chi connectivity index (χ2n) is 6.38. The Balaban J connectivity index is 1.48. The molecule has 1 aliphatic carbocycles. The van der Waals surface area contributed by atoms with Crippen LogP contribution in [0.2, 0.25) is 0 Å².